The van der Waals surface area contributed by atoms with Crippen molar-refractivity contribution in [3.05, 3.63) is 52.6 Å². The lowest BCUT2D eigenvalue weighted by atomic mass is 10.1. The van der Waals surface area contributed by atoms with E-state index in [1.807, 2.05) is 36.4 Å². The van der Waals surface area contributed by atoms with Crippen LogP contribution in [0.25, 0.3) is 0 Å². The third-order valence-corrected chi connectivity index (χ3v) is 3.98. The molecule has 134 valence electrons. The monoisotopic (exact) mass is 406 g/mol. The van der Waals surface area contributed by atoms with E-state index in [9.17, 15) is 4.79 Å². The molecule has 1 aromatic carbocycles. The molecule has 0 spiro atoms. The molecule has 1 aromatic heterocycles. The molecule has 0 aliphatic heterocycles. The van der Waals surface area contributed by atoms with Crippen LogP contribution in [0.4, 0.5) is 5.82 Å². The van der Waals surface area contributed by atoms with Crippen molar-refractivity contribution in [1.29, 1.82) is 0 Å². The van der Waals surface area contributed by atoms with Crippen LogP contribution >= 0.6 is 15.9 Å². The Kier molecular flexibility index (Phi) is 6.82. The first-order valence-electron chi connectivity index (χ1n) is 8.21. The molecule has 0 bridgehead atoms. The highest BCUT2D eigenvalue weighted by Crippen LogP contribution is 2.20. The molecule has 0 aliphatic carbocycles. The number of aromatic nitrogens is 1. The van der Waals surface area contributed by atoms with Gasteiger partial charge in [-0.15, -0.1) is 0 Å². The van der Waals surface area contributed by atoms with Crippen molar-refractivity contribution in [3.63, 3.8) is 0 Å². The highest BCUT2D eigenvalue weighted by Gasteiger charge is 2.31. The minimum atomic E-state index is -1.01. The first-order chi connectivity index (χ1) is 11.9. The summed E-state index contributed by atoms with van der Waals surface area (Å²) < 4.78 is 11.7. The number of nitrogens with zero attached hydrogens (tertiary/aromatic N) is 1. The van der Waals surface area contributed by atoms with Gasteiger partial charge in [-0.1, -0.05) is 12.1 Å². The molecule has 0 aliphatic rings. The van der Waals surface area contributed by atoms with Gasteiger partial charge in [0.2, 0.25) is 0 Å². The van der Waals surface area contributed by atoms with Gasteiger partial charge in [0.05, 0.1) is 6.61 Å². The molecule has 0 saturated carbocycles. The SMILES string of the molecule is CCOC(=O)C(C)(C)Oc1ccc(CCNc2ccc(Br)cn2)cc1. The Morgan fingerprint density at radius 2 is 1.92 bits per heavy atom. The summed E-state index contributed by atoms with van der Waals surface area (Å²) in [6.07, 6.45) is 2.62. The lowest BCUT2D eigenvalue weighted by Crippen LogP contribution is -2.39. The first-order valence-corrected chi connectivity index (χ1v) is 9.00. The Bertz CT molecular complexity index is 685. The summed E-state index contributed by atoms with van der Waals surface area (Å²) >= 11 is 3.36. The van der Waals surface area contributed by atoms with Crippen molar-refractivity contribution in [2.24, 2.45) is 0 Å². The highest BCUT2D eigenvalue weighted by atomic mass is 79.9. The Morgan fingerprint density at radius 1 is 1.20 bits per heavy atom. The molecule has 5 nitrogen and oxygen atoms in total. The number of anilines is 1. The van der Waals surface area contributed by atoms with Crippen LogP contribution in [-0.2, 0) is 16.0 Å². The van der Waals surface area contributed by atoms with Crippen molar-refractivity contribution in [2.75, 3.05) is 18.5 Å². The van der Waals surface area contributed by atoms with E-state index in [-0.39, 0.29) is 5.97 Å². The number of nitrogens with one attached hydrogen (secondary N) is 1. The van der Waals surface area contributed by atoms with Gasteiger partial charge in [-0.3, -0.25) is 0 Å². The minimum absolute atomic E-state index is 0.338. The predicted octanol–water partition coefficient (Wildman–Crippen LogP) is 4.22. The fourth-order valence-electron chi connectivity index (χ4n) is 2.18. The number of rotatable bonds is 8. The zero-order chi connectivity index (χ0) is 18.3. The van der Waals surface area contributed by atoms with Gasteiger partial charge in [0, 0.05) is 17.2 Å². The van der Waals surface area contributed by atoms with Crippen LogP contribution < -0.4 is 10.1 Å². The minimum Gasteiger partial charge on any atom is -0.476 e. The van der Waals surface area contributed by atoms with Crippen LogP contribution in [0.2, 0.25) is 0 Å². The van der Waals surface area contributed by atoms with Crippen molar-refractivity contribution in [2.45, 2.75) is 32.8 Å². The molecular formula is C19H23BrN2O3. The van der Waals surface area contributed by atoms with Gasteiger partial charge >= 0.3 is 5.97 Å². The number of ether oxygens (including phenoxy) is 2. The van der Waals surface area contributed by atoms with E-state index in [0.29, 0.717) is 12.4 Å². The number of pyridine rings is 1. The van der Waals surface area contributed by atoms with Crippen LogP contribution in [0.1, 0.15) is 26.3 Å². The van der Waals surface area contributed by atoms with Gasteiger partial charge in [0.15, 0.2) is 5.60 Å². The predicted molar refractivity (Wildman–Crippen MR) is 102 cm³/mol. The van der Waals surface area contributed by atoms with Gasteiger partial charge in [0.1, 0.15) is 11.6 Å². The zero-order valence-electron chi connectivity index (χ0n) is 14.7. The molecule has 2 aromatic rings. The van der Waals surface area contributed by atoms with Crippen molar-refractivity contribution < 1.29 is 14.3 Å². The lowest BCUT2D eigenvalue weighted by Gasteiger charge is -2.24. The maximum absolute atomic E-state index is 11.9. The third-order valence-electron chi connectivity index (χ3n) is 3.51. The van der Waals surface area contributed by atoms with Gasteiger partial charge in [0.25, 0.3) is 0 Å². The summed E-state index contributed by atoms with van der Waals surface area (Å²) in [5.41, 5.74) is 0.165. The lowest BCUT2D eigenvalue weighted by molar-refractivity contribution is -0.158. The summed E-state index contributed by atoms with van der Waals surface area (Å²) in [5, 5.41) is 3.28. The van der Waals surface area contributed by atoms with Gasteiger partial charge in [-0.25, -0.2) is 9.78 Å². The Morgan fingerprint density at radius 3 is 2.52 bits per heavy atom. The van der Waals surface area contributed by atoms with Gasteiger partial charge < -0.3 is 14.8 Å². The molecule has 0 amide bonds. The number of halogens is 1. The standard InChI is InChI=1S/C19H23BrN2O3/c1-4-24-18(23)19(2,3)25-16-8-5-14(6-9-16)11-12-21-17-10-7-15(20)13-22-17/h5-10,13H,4,11-12H2,1-3H3,(H,21,22). The van der Waals surface area contributed by atoms with Crippen LogP contribution in [0, 0.1) is 0 Å². The average Bonchev–Trinajstić information content (AvgIpc) is 2.58. The molecule has 0 atom stereocenters. The number of benzene rings is 1. The number of hydrogen-bond acceptors (Lipinski definition) is 5. The molecule has 1 heterocycles. The second kappa shape index (κ2) is 8.85. The van der Waals surface area contributed by atoms with E-state index in [1.54, 1.807) is 27.0 Å². The topological polar surface area (TPSA) is 60.5 Å². The van der Waals surface area contributed by atoms with Crippen LogP contribution in [0.15, 0.2) is 47.1 Å². The maximum atomic E-state index is 11.9. The van der Waals surface area contributed by atoms with E-state index >= 15 is 0 Å². The Labute approximate surface area is 156 Å². The molecule has 1 N–H and O–H groups in total. The summed E-state index contributed by atoms with van der Waals surface area (Å²) in [6, 6.07) is 11.6. The highest BCUT2D eigenvalue weighted by molar-refractivity contribution is 9.10. The number of carbonyl (C=O) groups excluding carboxylic acids is 1. The molecule has 6 heteroatoms. The van der Waals surface area contributed by atoms with E-state index < -0.39 is 5.60 Å². The Balaban J connectivity index is 1.85. The van der Waals surface area contributed by atoms with Crippen LogP contribution in [0.5, 0.6) is 5.75 Å². The van der Waals surface area contributed by atoms with Crippen molar-refractivity contribution in [1.82, 2.24) is 4.98 Å². The fourth-order valence-corrected chi connectivity index (χ4v) is 2.42. The molecule has 0 fully saturated rings. The Hall–Kier alpha value is -2.08. The zero-order valence-corrected chi connectivity index (χ0v) is 16.3. The first kappa shape index (κ1) is 19.2. The van der Waals surface area contributed by atoms with E-state index in [2.05, 4.69) is 26.2 Å². The van der Waals surface area contributed by atoms with Crippen LogP contribution in [-0.4, -0.2) is 29.7 Å². The second-order valence-corrected chi connectivity index (χ2v) is 6.93. The fraction of sp³-hybridized carbons (Fsp3) is 0.368. The number of hydrogen-bond donors (Lipinski definition) is 1. The normalized spacial score (nSPS) is 11.0. The molecular weight excluding hydrogens is 384 g/mol. The van der Waals surface area contributed by atoms with Gasteiger partial charge in [-0.2, -0.15) is 0 Å². The average molecular weight is 407 g/mol. The molecule has 0 saturated heterocycles. The molecule has 0 unspecified atom stereocenters. The quantitative estimate of drug-likeness (QED) is 0.664. The smallest absolute Gasteiger partial charge is 0.349 e. The second-order valence-electron chi connectivity index (χ2n) is 6.02. The molecule has 25 heavy (non-hydrogen) atoms. The van der Waals surface area contributed by atoms with Crippen molar-refractivity contribution in [3.8, 4) is 5.75 Å². The maximum Gasteiger partial charge on any atom is 0.349 e. The van der Waals surface area contributed by atoms with Crippen molar-refractivity contribution >= 4 is 27.7 Å². The van der Waals surface area contributed by atoms with E-state index in [1.165, 1.54) is 5.56 Å². The van der Waals surface area contributed by atoms with Gasteiger partial charge in [-0.05, 0) is 73.0 Å². The largest absolute Gasteiger partial charge is 0.476 e. The number of carbonyl (C=O) groups is 1. The van der Waals surface area contributed by atoms with Crippen LogP contribution in [0.3, 0.4) is 0 Å². The summed E-state index contributed by atoms with van der Waals surface area (Å²) in [6.45, 7) is 6.30. The summed E-state index contributed by atoms with van der Waals surface area (Å²) in [7, 11) is 0. The van der Waals surface area contributed by atoms with E-state index in [4.69, 9.17) is 9.47 Å². The third kappa shape index (κ3) is 6.05. The van der Waals surface area contributed by atoms with E-state index in [0.717, 1.165) is 23.3 Å². The number of esters is 1. The molecule has 2 rings (SSSR count). The summed E-state index contributed by atoms with van der Waals surface area (Å²) in [5.74, 6) is 1.12. The summed E-state index contributed by atoms with van der Waals surface area (Å²) in [4.78, 5) is 16.1. The molecule has 0 radical (unpaired) electrons.